The number of ether oxygens (including phenoxy) is 1. The maximum Gasteiger partial charge on any atom is 0.331 e. The van der Waals surface area contributed by atoms with Gasteiger partial charge in [0, 0.05) is 22.2 Å². The number of anilines is 1. The van der Waals surface area contributed by atoms with E-state index >= 15 is 0 Å². The van der Waals surface area contributed by atoms with Gasteiger partial charge in [0.25, 0.3) is 5.91 Å². The molecule has 5 heteroatoms. The third-order valence-electron chi connectivity index (χ3n) is 3.56. The number of amides is 1. The van der Waals surface area contributed by atoms with Gasteiger partial charge in [-0.3, -0.25) is 4.79 Å². The van der Waals surface area contributed by atoms with Crippen LogP contribution in [0.5, 0.6) is 0 Å². The quantitative estimate of drug-likeness (QED) is 0.508. The standard InChI is InChI=1S/C21H17NO3S/c23-20(13-12-19-7-4-14-26-19)25-15-16-8-10-17(11-9-16)21(24)22-18-5-2-1-3-6-18/h1-14H,15H2,(H,22,24). The molecule has 0 spiro atoms. The second kappa shape index (κ2) is 8.78. The van der Waals surface area contributed by atoms with Crippen LogP contribution < -0.4 is 5.32 Å². The van der Waals surface area contributed by atoms with Crippen molar-refractivity contribution in [3.8, 4) is 0 Å². The van der Waals surface area contributed by atoms with Gasteiger partial charge in [0.2, 0.25) is 0 Å². The molecule has 0 saturated heterocycles. The third-order valence-corrected chi connectivity index (χ3v) is 4.39. The fraction of sp³-hybridized carbons (Fsp3) is 0.0476. The first-order chi connectivity index (χ1) is 12.7. The molecule has 0 saturated carbocycles. The Morgan fingerprint density at radius 1 is 0.962 bits per heavy atom. The van der Waals surface area contributed by atoms with Crippen LogP contribution in [0.1, 0.15) is 20.8 Å². The molecule has 0 aliphatic heterocycles. The van der Waals surface area contributed by atoms with Gasteiger partial charge in [-0.2, -0.15) is 0 Å². The van der Waals surface area contributed by atoms with Crippen LogP contribution in [0, 0.1) is 0 Å². The molecular weight excluding hydrogens is 346 g/mol. The highest BCUT2D eigenvalue weighted by atomic mass is 32.1. The molecule has 0 atom stereocenters. The van der Waals surface area contributed by atoms with Crippen LogP contribution in [-0.2, 0) is 16.1 Å². The molecule has 3 rings (SSSR count). The van der Waals surface area contributed by atoms with Crippen molar-refractivity contribution in [1.29, 1.82) is 0 Å². The summed E-state index contributed by atoms with van der Waals surface area (Å²) in [5.74, 6) is -0.581. The van der Waals surface area contributed by atoms with Crippen LogP contribution in [0.2, 0.25) is 0 Å². The average molecular weight is 363 g/mol. The molecule has 0 bridgehead atoms. The molecule has 26 heavy (non-hydrogen) atoms. The molecule has 3 aromatic rings. The van der Waals surface area contributed by atoms with Crippen molar-refractivity contribution in [1.82, 2.24) is 0 Å². The molecule has 130 valence electrons. The van der Waals surface area contributed by atoms with E-state index in [-0.39, 0.29) is 12.5 Å². The van der Waals surface area contributed by atoms with Crippen molar-refractivity contribution in [2.24, 2.45) is 0 Å². The van der Waals surface area contributed by atoms with Crippen LogP contribution in [-0.4, -0.2) is 11.9 Å². The van der Waals surface area contributed by atoms with Crippen LogP contribution >= 0.6 is 11.3 Å². The normalized spacial score (nSPS) is 10.6. The Morgan fingerprint density at radius 3 is 2.42 bits per heavy atom. The summed E-state index contributed by atoms with van der Waals surface area (Å²) in [6.07, 6.45) is 3.14. The number of hydrogen-bond donors (Lipinski definition) is 1. The molecule has 1 N–H and O–H groups in total. The lowest BCUT2D eigenvalue weighted by atomic mass is 10.1. The van der Waals surface area contributed by atoms with Crippen molar-refractivity contribution >= 4 is 35.0 Å². The molecule has 4 nitrogen and oxygen atoms in total. The zero-order chi connectivity index (χ0) is 18.2. The van der Waals surface area contributed by atoms with Gasteiger partial charge >= 0.3 is 5.97 Å². The van der Waals surface area contributed by atoms with Crippen LogP contribution in [0.15, 0.2) is 78.2 Å². The molecular formula is C21H17NO3S. The van der Waals surface area contributed by atoms with Gasteiger partial charge in [-0.1, -0.05) is 36.4 Å². The predicted molar refractivity (Wildman–Crippen MR) is 104 cm³/mol. The number of carbonyl (C=O) groups excluding carboxylic acids is 2. The van der Waals surface area contributed by atoms with E-state index in [2.05, 4.69) is 5.32 Å². The summed E-state index contributed by atoms with van der Waals surface area (Å²) in [6, 6.07) is 20.1. The van der Waals surface area contributed by atoms with Crippen molar-refractivity contribution in [3.63, 3.8) is 0 Å². The van der Waals surface area contributed by atoms with Crippen LogP contribution in [0.25, 0.3) is 6.08 Å². The summed E-state index contributed by atoms with van der Waals surface area (Å²) in [5.41, 5.74) is 2.11. The van der Waals surface area contributed by atoms with E-state index in [0.29, 0.717) is 5.56 Å². The maximum atomic E-state index is 12.2. The number of thiophene rings is 1. The number of rotatable bonds is 6. The lowest BCUT2D eigenvalue weighted by Crippen LogP contribution is -2.11. The Kier molecular flexibility index (Phi) is 5.96. The lowest BCUT2D eigenvalue weighted by Gasteiger charge is -2.06. The SMILES string of the molecule is O=C(C=Cc1cccs1)OCc1ccc(C(=O)Nc2ccccc2)cc1. The topological polar surface area (TPSA) is 55.4 Å². The number of carbonyl (C=O) groups is 2. The summed E-state index contributed by atoms with van der Waals surface area (Å²) in [7, 11) is 0. The molecule has 0 radical (unpaired) electrons. The van der Waals surface area contributed by atoms with Crippen molar-refractivity contribution in [2.45, 2.75) is 6.61 Å². The van der Waals surface area contributed by atoms with Gasteiger partial charge in [-0.15, -0.1) is 11.3 Å². The smallest absolute Gasteiger partial charge is 0.331 e. The number of benzene rings is 2. The second-order valence-corrected chi connectivity index (χ2v) is 6.45. The molecule has 0 aliphatic rings. The fourth-order valence-electron chi connectivity index (χ4n) is 2.22. The molecule has 1 heterocycles. The Balaban J connectivity index is 1.51. The van der Waals surface area contributed by atoms with Gasteiger partial charge in [0.05, 0.1) is 0 Å². The lowest BCUT2D eigenvalue weighted by molar-refractivity contribution is -0.138. The first-order valence-electron chi connectivity index (χ1n) is 8.04. The first-order valence-corrected chi connectivity index (χ1v) is 8.92. The fourth-order valence-corrected chi connectivity index (χ4v) is 2.83. The molecule has 0 unspecified atom stereocenters. The third kappa shape index (κ3) is 5.16. The van der Waals surface area contributed by atoms with E-state index in [4.69, 9.17) is 4.74 Å². The Hall–Kier alpha value is -3.18. The zero-order valence-electron chi connectivity index (χ0n) is 13.9. The molecule has 0 aliphatic carbocycles. The highest BCUT2D eigenvalue weighted by Crippen LogP contribution is 2.12. The number of esters is 1. The summed E-state index contributed by atoms with van der Waals surface area (Å²) in [4.78, 5) is 24.9. The number of nitrogens with one attached hydrogen (secondary N) is 1. The minimum atomic E-state index is -0.399. The minimum absolute atomic E-state index is 0.161. The average Bonchev–Trinajstić information content (AvgIpc) is 3.19. The van der Waals surface area contributed by atoms with Gasteiger partial charge in [0.1, 0.15) is 6.61 Å². The van der Waals surface area contributed by atoms with Gasteiger partial charge < -0.3 is 10.1 Å². The highest BCUT2D eigenvalue weighted by Gasteiger charge is 2.06. The molecule has 0 fully saturated rings. The monoisotopic (exact) mass is 363 g/mol. The summed E-state index contributed by atoms with van der Waals surface area (Å²) in [5, 5.41) is 4.77. The maximum absolute atomic E-state index is 12.2. The van der Waals surface area contributed by atoms with Crippen molar-refractivity contribution < 1.29 is 14.3 Å². The summed E-state index contributed by atoms with van der Waals surface area (Å²) in [6.45, 7) is 0.161. The van der Waals surface area contributed by atoms with Crippen LogP contribution in [0.4, 0.5) is 5.69 Å². The van der Waals surface area contributed by atoms with Crippen molar-refractivity contribution in [3.05, 3.63) is 94.2 Å². The molecule has 1 aromatic heterocycles. The van der Waals surface area contributed by atoms with E-state index in [1.165, 1.54) is 6.08 Å². The molecule has 2 aromatic carbocycles. The molecule has 1 amide bonds. The minimum Gasteiger partial charge on any atom is -0.458 e. The number of para-hydroxylation sites is 1. The summed E-state index contributed by atoms with van der Waals surface area (Å²) >= 11 is 1.55. The number of hydrogen-bond acceptors (Lipinski definition) is 4. The Labute approximate surface area is 155 Å². The van der Waals surface area contributed by atoms with E-state index in [1.54, 1.807) is 41.7 Å². The zero-order valence-corrected chi connectivity index (χ0v) is 14.7. The first kappa shape index (κ1) is 17.6. The van der Waals surface area contributed by atoms with Crippen molar-refractivity contribution in [2.75, 3.05) is 5.32 Å². The predicted octanol–water partition coefficient (Wildman–Crippen LogP) is 4.76. The van der Waals surface area contributed by atoms with Gasteiger partial charge in [-0.25, -0.2) is 4.79 Å². The van der Waals surface area contributed by atoms with E-state index in [0.717, 1.165) is 16.1 Å². The summed E-state index contributed by atoms with van der Waals surface area (Å²) < 4.78 is 5.20. The van der Waals surface area contributed by atoms with Gasteiger partial charge in [-0.05, 0) is 47.4 Å². The highest BCUT2D eigenvalue weighted by molar-refractivity contribution is 7.10. The van der Waals surface area contributed by atoms with Crippen LogP contribution in [0.3, 0.4) is 0 Å². The van der Waals surface area contributed by atoms with E-state index in [9.17, 15) is 9.59 Å². The Bertz CT molecular complexity index is 885. The van der Waals surface area contributed by atoms with E-state index in [1.807, 2.05) is 47.8 Å². The van der Waals surface area contributed by atoms with Gasteiger partial charge in [0.15, 0.2) is 0 Å². The van der Waals surface area contributed by atoms with E-state index < -0.39 is 5.97 Å². The largest absolute Gasteiger partial charge is 0.458 e. The second-order valence-electron chi connectivity index (χ2n) is 5.47. The Morgan fingerprint density at radius 2 is 1.73 bits per heavy atom.